The van der Waals surface area contributed by atoms with E-state index in [-0.39, 0.29) is 31.4 Å². The molecule has 6 rings (SSSR count). The van der Waals surface area contributed by atoms with Crippen LogP contribution in [0.15, 0.2) is 91.0 Å². The topological polar surface area (TPSA) is 87.7 Å². The third-order valence-corrected chi connectivity index (χ3v) is 10.2. The normalized spacial score (nSPS) is 18.1. The summed E-state index contributed by atoms with van der Waals surface area (Å²) >= 11 is 0. The number of amides is 3. The Bertz CT molecular complexity index is 1850. The molecule has 0 aromatic heterocycles. The van der Waals surface area contributed by atoms with Crippen LogP contribution in [0, 0.1) is 5.92 Å². The molecule has 1 aliphatic heterocycles. The average molecular weight is 740 g/mol. The number of nitrogens with zero attached hydrogens (tertiary/aromatic N) is 1. The second-order valence-electron chi connectivity index (χ2n) is 13.5. The monoisotopic (exact) mass is 739 g/mol. The molecular formula is C40H39F6N3O4. The first-order valence-corrected chi connectivity index (χ1v) is 17.6. The molecule has 3 aromatic carbocycles. The minimum atomic E-state index is -4.58. The maximum Gasteiger partial charge on any atom is 0.409 e. The number of alkyl halides is 6. The maximum atomic E-state index is 13.7. The lowest BCUT2D eigenvalue weighted by Gasteiger charge is -2.32. The van der Waals surface area contributed by atoms with Gasteiger partial charge in [0.25, 0.3) is 5.91 Å². The first-order valence-electron chi connectivity index (χ1n) is 17.6. The number of hydrogen-bond donors (Lipinski definition) is 2. The van der Waals surface area contributed by atoms with Gasteiger partial charge in [-0.2, -0.15) is 26.3 Å². The lowest BCUT2D eigenvalue weighted by atomic mass is 9.73. The first kappa shape index (κ1) is 37.7. The number of likely N-dealkylation sites (tertiary alicyclic amines) is 1. The zero-order chi connectivity index (χ0) is 37.8. The first-order chi connectivity index (χ1) is 25.3. The van der Waals surface area contributed by atoms with Gasteiger partial charge in [0.15, 0.2) is 0 Å². The van der Waals surface area contributed by atoms with Crippen LogP contribution in [-0.4, -0.2) is 67.4 Å². The number of carbonyl (C=O) groups excluding carboxylic acids is 3. The highest BCUT2D eigenvalue weighted by molar-refractivity contribution is 6.01. The zero-order valence-electron chi connectivity index (χ0n) is 28.7. The number of hydrogen-bond acceptors (Lipinski definition) is 4. The van der Waals surface area contributed by atoms with Crippen molar-refractivity contribution in [1.29, 1.82) is 0 Å². The van der Waals surface area contributed by atoms with Gasteiger partial charge in [-0.3, -0.25) is 9.59 Å². The number of benzene rings is 3. The van der Waals surface area contributed by atoms with Crippen LogP contribution in [0.1, 0.15) is 65.6 Å². The highest BCUT2D eigenvalue weighted by Crippen LogP contribution is 2.51. The Labute approximate surface area is 303 Å². The Hall–Kier alpha value is -5.07. The molecule has 0 radical (unpaired) electrons. The SMILES string of the molecule is O=C(NC1CCN(C(=O)OCCCCC2(C(=O)NCC(F)(F)F)c3ccccc3-c3ccccc32)CC1)c1ccccc1C1=CCC(C(F)(F)F)C=C1. The van der Waals surface area contributed by atoms with E-state index in [9.17, 15) is 40.7 Å². The van der Waals surface area contributed by atoms with Crippen molar-refractivity contribution in [3.8, 4) is 11.1 Å². The molecule has 1 heterocycles. The number of unbranched alkanes of at least 4 members (excludes halogenated alkanes) is 1. The number of piperidine rings is 1. The van der Waals surface area contributed by atoms with Gasteiger partial charge in [0, 0.05) is 24.7 Å². The van der Waals surface area contributed by atoms with Crippen molar-refractivity contribution >= 4 is 23.5 Å². The van der Waals surface area contributed by atoms with Gasteiger partial charge in [-0.25, -0.2) is 4.79 Å². The number of allylic oxidation sites excluding steroid dienone is 4. The fourth-order valence-corrected chi connectivity index (χ4v) is 7.49. The fraction of sp³-hybridized carbons (Fsp3) is 0.375. The number of nitrogens with one attached hydrogen (secondary N) is 2. The summed E-state index contributed by atoms with van der Waals surface area (Å²) in [6.07, 6.45) is -3.72. The van der Waals surface area contributed by atoms with Gasteiger partial charge >= 0.3 is 18.4 Å². The van der Waals surface area contributed by atoms with Crippen LogP contribution in [0.4, 0.5) is 31.1 Å². The van der Waals surface area contributed by atoms with E-state index in [1.807, 2.05) is 24.3 Å². The van der Waals surface area contributed by atoms with Gasteiger partial charge in [0.05, 0.1) is 12.5 Å². The van der Waals surface area contributed by atoms with Crippen LogP contribution in [-0.2, 0) is 14.9 Å². The van der Waals surface area contributed by atoms with E-state index in [0.717, 1.165) is 17.2 Å². The highest BCUT2D eigenvalue weighted by Gasteiger charge is 2.49. The number of halogens is 6. The van der Waals surface area contributed by atoms with Crippen LogP contribution in [0.25, 0.3) is 16.7 Å². The summed E-state index contributed by atoms with van der Waals surface area (Å²) < 4.78 is 84.3. The van der Waals surface area contributed by atoms with Crippen LogP contribution in [0.5, 0.6) is 0 Å². The molecule has 1 unspecified atom stereocenters. The van der Waals surface area contributed by atoms with Gasteiger partial charge in [-0.1, -0.05) is 85.0 Å². The molecule has 0 bridgehead atoms. The molecule has 3 amide bonds. The molecule has 13 heteroatoms. The number of ether oxygens (including phenoxy) is 1. The van der Waals surface area contributed by atoms with Crippen molar-refractivity contribution in [2.45, 2.75) is 62.3 Å². The zero-order valence-corrected chi connectivity index (χ0v) is 28.7. The highest BCUT2D eigenvalue weighted by atomic mass is 19.4. The molecule has 3 aromatic rings. The van der Waals surface area contributed by atoms with Crippen molar-refractivity contribution < 1.29 is 45.5 Å². The van der Waals surface area contributed by atoms with Gasteiger partial charge in [0.2, 0.25) is 5.91 Å². The molecule has 3 aliphatic rings. The van der Waals surface area contributed by atoms with Gasteiger partial charge in [-0.15, -0.1) is 0 Å². The van der Waals surface area contributed by atoms with Crippen molar-refractivity contribution in [1.82, 2.24) is 15.5 Å². The second kappa shape index (κ2) is 15.5. The van der Waals surface area contributed by atoms with E-state index in [1.165, 1.54) is 12.2 Å². The number of fused-ring (bicyclic) bond motifs is 3. The third kappa shape index (κ3) is 8.29. The fourth-order valence-electron chi connectivity index (χ4n) is 7.49. The molecule has 1 atom stereocenters. The standard InChI is InChI=1S/C40H39F6N3O4/c41-39(42,43)25-47-36(51)38(33-13-5-3-10-30(33)31-11-4-6-14-34(31)38)21-7-8-24-53-37(52)49-22-19-28(20-23-49)48-35(50)32-12-2-1-9-29(32)26-15-17-27(18-16-26)40(44,45)46/h1-6,9-17,27-28H,7-8,18-25H2,(H,47,51)(H,48,50). The smallest absolute Gasteiger partial charge is 0.409 e. The minimum absolute atomic E-state index is 0.0455. The van der Waals surface area contributed by atoms with Crippen molar-refractivity contribution in [2.24, 2.45) is 5.92 Å². The molecule has 2 N–H and O–H groups in total. The van der Waals surface area contributed by atoms with Crippen LogP contribution < -0.4 is 10.6 Å². The van der Waals surface area contributed by atoms with Crippen molar-refractivity contribution in [3.63, 3.8) is 0 Å². The molecule has 1 saturated heterocycles. The number of carbonyl (C=O) groups is 3. The van der Waals surface area contributed by atoms with Crippen molar-refractivity contribution in [2.75, 3.05) is 26.2 Å². The molecule has 0 saturated carbocycles. The second-order valence-corrected chi connectivity index (χ2v) is 13.5. The predicted molar refractivity (Wildman–Crippen MR) is 187 cm³/mol. The molecule has 280 valence electrons. The largest absolute Gasteiger partial charge is 0.449 e. The molecule has 2 aliphatic carbocycles. The Morgan fingerprint density at radius 3 is 2.00 bits per heavy atom. The Kier molecular flexibility index (Phi) is 11.0. The predicted octanol–water partition coefficient (Wildman–Crippen LogP) is 8.35. The van der Waals surface area contributed by atoms with E-state index in [2.05, 4.69) is 10.6 Å². The quantitative estimate of drug-likeness (QED) is 0.162. The van der Waals surface area contributed by atoms with Crippen LogP contribution in [0.2, 0.25) is 0 Å². The van der Waals surface area contributed by atoms with E-state index in [1.54, 1.807) is 53.4 Å². The summed E-state index contributed by atoms with van der Waals surface area (Å²) in [5.41, 5.74) is 2.96. The van der Waals surface area contributed by atoms with Crippen LogP contribution in [0.3, 0.4) is 0 Å². The summed E-state index contributed by atoms with van der Waals surface area (Å²) in [5.74, 6) is -2.65. The van der Waals surface area contributed by atoms with E-state index >= 15 is 0 Å². The van der Waals surface area contributed by atoms with Gasteiger partial charge < -0.3 is 20.3 Å². The summed E-state index contributed by atoms with van der Waals surface area (Å²) in [4.78, 5) is 41.4. The summed E-state index contributed by atoms with van der Waals surface area (Å²) in [7, 11) is 0. The van der Waals surface area contributed by atoms with Gasteiger partial charge in [-0.05, 0) is 78.0 Å². The van der Waals surface area contributed by atoms with Crippen molar-refractivity contribution in [3.05, 3.63) is 113 Å². The van der Waals surface area contributed by atoms with Crippen LogP contribution >= 0.6 is 0 Å². The van der Waals surface area contributed by atoms with E-state index in [0.29, 0.717) is 66.6 Å². The maximum absolute atomic E-state index is 13.7. The summed E-state index contributed by atoms with van der Waals surface area (Å²) in [6.45, 7) is -0.750. The molecule has 7 nitrogen and oxygen atoms in total. The molecule has 53 heavy (non-hydrogen) atoms. The number of rotatable bonds is 10. The minimum Gasteiger partial charge on any atom is -0.449 e. The lowest BCUT2D eigenvalue weighted by molar-refractivity contribution is -0.160. The van der Waals surface area contributed by atoms with E-state index < -0.39 is 42.2 Å². The Morgan fingerprint density at radius 1 is 0.811 bits per heavy atom. The molecule has 1 fully saturated rings. The third-order valence-electron chi connectivity index (χ3n) is 10.2. The molecular weight excluding hydrogens is 700 g/mol. The Balaban J connectivity index is 1.00. The van der Waals surface area contributed by atoms with Gasteiger partial charge in [0.1, 0.15) is 12.0 Å². The summed E-state index contributed by atoms with van der Waals surface area (Å²) in [5, 5.41) is 5.11. The molecule has 0 spiro atoms. The average Bonchev–Trinajstić information content (AvgIpc) is 3.43. The summed E-state index contributed by atoms with van der Waals surface area (Å²) in [6, 6.07) is 20.9. The lowest BCUT2D eigenvalue weighted by Crippen LogP contribution is -2.47. The van der Waals surface area contributed by atoms with E-state index in [4.69, 9.17) is 4.74 Å². The Morgan fingerprint density at radius 2 is 1.42 bits per heavy atom.